The zero-order valence-electron chi connectivity index (χ0n) is 10.1. The lowest BCUT2D eigenvalue weighted by atomic mass is 10.0. The molecule has 17 heavy (non-hydrogen) atoms. The van der Waals surface area contributed by atoms with Gasteiger partial charge in [-0.2, -0.15) is 0 Å². The molecule has 1 fully saturated rings. The molecular weight excluding hydrogens is 228 g/mol. The molecule has 0 aliphatic carbocycles. The first-order chi connectivity index (χ1) is 8.43. The number of fused-ring (bicyclic) bond motifs is 1. The number of hydrogen-bond acceptors (Lipinski definition) is 3. The summed E-state index contributed by atoms with van der Waals surface area (Å²) in [6.07, 6.45) is 3.92. The zero-order chi connectivity index (χ0) is 11.5. The molecule has 1 aromatic carbocycles. The largest absolute Gasteiger partial charge is 0.313 e. The summed E-state index contributed by atoms with van der Waals surface area (Å²) in [5, 5.41) is 7.30. The van der Waals surface area contributed by atoms with Gasteiger partial charge < -0.3 is 10.6 Å². The molecule has 2 N–H and O–H groups in total. The van der Waals surface area contributed by atoms with Crippen molar-refractivity contribution in [3.63, 3.8) is 0 Å². The van der Waals surface area contributed by atoms with Gasteiger partial charge in [-0.3, -0.25) is 0 Å². The van der Waals surface area contributed by atoms with Gasteiger partial charge in [-0.15, -0.1) is 11.8 Å². The molecule has 0 saturated carbocycles. The molecule has 0 spiro atoms. The lowest BCUT2D eigenvalue weighted by molar-refractivity contribution is 0.457. The molecule has 2 nitrogen and oxygen atoms in total. The lowest BCUT2D eigenvalue weighted by Crippen LogP contribution is -2.36. The molecule has 1 aromatic rings. The number of nitrogens with one attached hydrogen (secondary N) is 2. The number of benzene rings is 1. The highest BCUT2D eigenvalue weighted by Gasteiger charge is 2.21. The normalized spacial score (nSPS) is 28.0. The summed E-state index contributed by atoms with van der Waals surface area (Å²) in [7, 11) is 0. The van der Waals surface area contributed by atoms with Gasteiger partial charge in [-0.1, -0.05) is 18.2 Å². The van der Waals surface area contributed by atoms with Crippen molar-refractivity contribution < 1.29 is 0 Å². The molecule has 92 valence electrons. The monoisotopic (exact) mass is 248 g/mol. The zero-order valence-corrected chi connectivity index (χ0v) is 10.9. The summed E-state index contributed by atoms with van der Waals surface area (Å²) >= 11 is 1.99. The third kappa shape index (κ3) is 2.67. The summed E-state index contributed by atoms with van der Waals surface area (Å²) in [4.78, 5) is 1.47. The van der Waals surface area contributed by atoms with Crippen molar-refractivity contribution in [2.45, 2.75) is 36.2 Å². The minimum atomic E-state index is 0.565. The van der Waals surface area contributed by atoms with Gasteiger partial charge >= 0.3 is 0 Å². The number of hydrogen-bond donors (Lipinski definition) is 2. The fourth-order valence-corrected chi connectivity index (χ4v) is 3.89. The Morgan fingerprint density at radius 1 is 1.29 bits per heavy atom. The van der Waals surface area contributed by atoms with Crippen LogP contribution < -0.4 is 10.6 Å². The lowest BCUT2D eigenvalue weighted by Gasteiger charge is -2.27. The summed E-state index contributed by atoms with van der Waals surface area (Å²) in [5.74, 6) is 1.24. The van der Waals surface area contributed by atoms with E-state index in [9.17, 15) is 0 Å². The quantitative estimate of drug-likeness (QED) is 0.859. The van der Waals surface area contributed by atoms with Crippen LogP contribution in [0.25, 0.3) is 0 Å². The molecular formula is C14H20N2S. The average Bonchev–Trinajstić information content (AvgIpc) is 2.89. The van der Waals surface area contributed by atoms with Gasteiger partial charge in [0.1, 0.15) is 0 Å². The molecule has 1 saturated heterocycles. The Bertz CT molecular complexity index is 374. The van der Waals surface area contributed by atoms with Crippen molar-refractivity contribution in [3.05, 3.63) is 29.8 Å². The van der Waals surface area contributed by atoms with Crippen molar-refractivity contribution in [3.8, 4) is 0 Å². The van der Waals surface area contributed by atoms with Crippen LogP contribution in [0, 0.1) is 0 Å². The predicted molar refractivity (Wildman–Crippen MR) is 73.6 cm³/mol. The van der Waals surface area contributed by atoms with E-state index in [0.717, 1.165) is 6.54 Å². The molecule has 0 aromatic heterocycles. The first kappa shape index (κ1) is 11.6. The van der Waals surface area contributed by atoms with Gasteiger partial charge in [0.2, 0.25) is 0 Å². The van der Waals surface area contributed by atoms with Crippen molar-refractivity contribution in [1.82, 2.24) is 10.6 Å². The molecule has 3 rings (SSSR count). The molecule has 0 radical (unpaired) electrons. The first-order valence-corrected chi connectivity index (χ1v) is 7.60. The van der Waals surface area contributed by atoms with Crippen LogP contribution >= 0.6 is 11.8 Å². The molecule has 3 heteroatoms. The van der Waals surface area contributed by atoms with E-state index in [1.54, 1.807) is 0 Å². The summed E-state index contributed by atoms with van der Waals surface area (Å²) in [5.41, 5.74) is 1.50. The van der Waals surface area contributed by atoms with Crippen LogP contribution in [0.15, 0.2) is 29.2 Å². The van der Waals surface area contributed by atoms with E-state index in [2.05, 4.69) is 34.9 Å². The van der Waals surface area contributed by atoms with Crippen LogP contribution in [0.4, 0.5) is 0 Å². The molecule has 2 aliphatic rings. The van der Waals surface area contributed by atoms with Crippen molar-refractivity contribution in [1.29, 1.82) is 0 Å². The van der Waals surface area contributed by atoms with Crippen LogP contribution in [0.3, 0.4) is 0 Å². The highest BCUT2D eigenvalue weighted by Crippen LogP contribution is 2.35. The molecule has 2 heterocycles. The first-order valence-electron chi connectivity index (χ1n) is 6.62. The Morgan fingerprint density at radius 2 is 2.24 bits per heavy atom. The second-order valence-corrected chi connectivity index (χ2v) is 6.07. The molecule has 2 unspecified atom stereocenters. The summed E-state index contributed by atoms with van der Waals surface area (Å²) in [6, 6.07) is 10.1. The van der Waals surface area contributed by atoms with Gasteiger partial charge in [0.05, 0.1) is 0 Å². The number of rotatable bonds is 3. The highest BCUT2D eigenvalue weighted by molar-refractivity contribution is 7.99. The SMILES string of the molecule is c1ccc2c(c1)SCCC2NCC1CCCN1. The molecule has 0 amide bonds. The van der Waals surface area contributed by atoms with Crippen LogP contribution in [0.2, 0.25) is 0 Å². The van der Waals surface area contributed by atoms with Gasteiger partial charge in [0.25, 0.3) is 0 Å². The van der Waals surface area contributed by atoms with E-state index in [1.165, 1.54) is 42.0 Å². The van der Waals surface area contributed by atoms with Gasteiger partial charge in [-0.05, 0) is 43.2 Å². The third-order valence-electron chi connectivity index (χ3n) is 3.73. The van der Waals surface area contributed by atoms with Gasteiger partial charge in [-0.25, -0.2) is 0 Å². The maximum Gasteiger partial charge on any atom is 0.0339 e. The maximum absolute atomic E-state index is 3.74. The van der Waals surface area contributed by atoms with Crippen molar-refractivity contribution >= 4 is 11.8 Å². The Hall–Kier alpha value is -0.510. The Morgan fingerprint density at radius 3 is 3.12 bits per heavy atom. The van der Waals surface area contributed by atoms with E-state index in [0.29, 0.717) is 12.1 Å². The maximum atomic E-state index is 3.74. The Balaban J connectivity index is 1.64. The van der Waals surface area contributed by atoms with Crippen LogP contribution in [0.1, 0.15) is 30.9 Å². The van der Waals surface area contributed by atoms with Crippen molar-refractivity contribution in [2.75, 3.05) is 18.8 Å². The molecule has 2 aliphatic heterocycles. The van der Waals surface area contributed by atoms with Gasteiger partial charge in [0.15, 0.2) is 0 Å². The van der Waals surface area contributed by atoms with E-state index < -0.39 is 0 Å². The highest BCUT2D eigenvalue weighted by atomic mass is 32.2. The van der Waals surface area contributed by atoms with E-state index >= 15 is 0 Å². The Kier molecular flexibility index (Phi) is 3.69. The summed E-state index contributed by atoms with van der Waals surface area (Å²) < 4.78 is 0. The molecule has 2 atom stereocenters. The Labute approximate surface area is 108 Å². The van der Waals surface area contributed by atoms with E-state index in [1.807, 2.05) is 11.8 Å². The van der Waals surface area contributed by atoms with Gasteiger partial charge in [0, 0.05) is 23.5 Å². The average molecular weight is 248 g/mol. The second kappa shape index (κ2) is 5.42. The fraction of sp³-hybridized carbons (Fsp3) is 0.571. The topological polar surface area (TPSA) is 24.1 Å². The number of thioether (sulfide) groups is 1. The smallest absolute Gasteiger partial charge is 0.0339 e. The minimum Gasteiger partial charge on any atom is -0.313 e. The van der Waals surface area contributed by atoms with Crippen molar-refractivity contribution in [2.24, 2.45) is 0 Å². The van der Waals surface area contributed by atoms with Crippen LogP contribution in [0.5, 0.6) is 0 Å². The second-order valence-electron chi connectivity index (χ2n) is 4.93. The summed E-state index contributed by atoms with van der Waals surface area (Å²) in [6.45, 7) is 2.31. The molecule has 0 bridgehead atoms. The third-order valence-corrected chi connectivity index (χ3v) is 4.85. The predicted octanol–water partition coefficient (Wildman–Crippen LogP) is 2.57. The van der Waals surface area contributed by atoms with Crippen LogP contribution in [-0.4, -0.2) is 24.9 Å². The van der Waals surface area contributed by atoms with E-state index in [4.69, 9.17) is 0 Å². The minimum absolute atomic E-state index is 0.565. The standard InChI is InChI=1S/C14H20N2S/c1-2-6-14-12(5-1)13(7-9-17-14)16-10-11-4-3-8-15-11/h1-2,5-6,11,13,15-16H,3-4,7-10H2. The van der Waals surface area contributed by atoms with E-state index in [-0.39, 0.29) is 0 Å². The fourth-order valence-electron chi connectivity index (χ4n) is 2.77. The van der Waals surface area contributed by atoms with Crippen LogP contribution in [-0.2, 0) is 0 Å².